The Kier molecular flexibility index (Phi) is 4.18. The lowest BCUT2D eigenvalue weighted by Gasteiger charge is -2.16. The lowest BCUT2D eigenvalue weighted by atomic mass is 10.2. The Labute approximate surface area is 130 Å². The summed E-state index contributed by atoms with van der Waals surface area (Å²) in [4.78, 5) is 16.8. The van der Waals surface area contributed by atoms with Crippen molar-refractivity contribution in [3.63, 3.8) is 0 Å². The summed E-state index contributed by atoms with van der Waals surface area (Å²) in [6.45, 7) is 1.41. The van der Waals surface area contributed by atoms with Gasteiger partial charge in [-0.1, -0.05) is 0 Å². The average Bonchev–Trinajstić information content (AvgIpc) is 3.05. The minimum Gasteiger partial charge on any atom is -0.394 e. The summed E-state index contributed by atoms with van der Waals surface area (Å²) in [6.07, 6.45) is 0.244. The van der Waals surface area contributed by atoms with E-state index in [-0.39, 0.29) is 13.0 Å². The van der Waals surface area contributed by atoms with Gasteiger partial charge in [-0.15, -0.1) is 16.7 Å². The second kappa shape index (κ2) is 5.96. The van der Waals surface area contributed by atoms with Crippen LogP contribution in [-0.4, -0.2) is 54.1 Å². The third-order valence-corrected chi connectivity index (χ3v) is 3.94. The highest BCUT2D eigenvalue weighted by Gasteiger charge is 2.35. The zero-order chi connectivity index (χ0) is 15.9. The molecule has 0 spiro atoms. The van der Waals surface area contributed by atoms with Crippen LogP contribution >= 0.6 is 11.6 Å². The second-order valence-electron chi connectivity index (χ2n) is 5.29. The van der Waals surface area contributed by atoms with E-state index >= 15 is 0 Å². The molecule has 8 nitrogen and oxygen atoms in total. The molecular weight excluding hydrogens is 312 g/mol. The number of aliphatic hydroxyl groups is 2. The fraction of sp³-hybridized carbons (Fsp3) is 0.615. The zero-order valence-corrected chi connectivity index (χ0v) is 12.8. The van der Waals surface area contributed by atoms with Crippen molar-refractivity contribution in [1.82, 2.24) is 19.2 Å². The molecule has 3 heterocycles. The van der Waals surface area contributed by atoms with Crippen LogP contribution in [0.15, 0.2) is 11.0 Å². The van der Waals surface area contributed by atoms with Crippen molar-refractivity contribution in [1.29, 1.82) is 0 Å². The number of aryl methyl sites for hydroxylation is 2. The predicted octanol–water partition coefficient (Wildman–Crippen LogP) is -0.379. The van der Waals surface area contributed by atoms with Crippen LogP contribution in [0, 0.1) is 6.92 Å². The quantitative estimate of drug-likeness (QED) is 0.742. The van der Waals surface area contributed by atoms with Gasteiger partial charge in [-0.25, -0.2) is 9.78 Å². The summed E-state index contributed by atoms with van der Waals surface area (Å²) in [7, 11) is 0. The summed E-state index contributed by atoms with van der Waals surface area (Å²) in [5, 5.41) is 23.1. The molecule has 2 aromatic rings. The molecule has 22 heavy (non-hydrogen) atoms. The van der Waals surface area contributed by atoms with Gasteiger partial charge in [0, 0.05) is 24.1 Å². The molecule has 0 bridgehead atoms. The Bertz CT molecular complexity index is 743. The van der Waals surface area contributed by atoms with Crippen molar-refractivity contribution < 1.29 is 14.9 Å². The highest BCUT2D eigenvalue weighted by molar-refractivity contribution is 6.18. The van der Waals surface area contributed by atoms with Crippen LogP contribution in [0.1, 0.15) is 24.0 Å². The van der Waals surface area contributed by atoms with Crippen LogP contribution in [0.4, 0.5) is 0 Å². The van der Waals surface area contributed by atoms with E-state index in [1.54, 1.807) is 13.1 Å². The summed E-state index contributed by atoms with van der Waals surface area (Å²) in [5.74, 6) is 0.874. The van der Waals surface area contributed by atoms with Crippen molar-refractivity contribution in [3.05, 3.63) is 28.1 Å². The minimum atomic E-state index is -0.813. The van der Waals surface area contributed by atoms with Gasteiger partial charge in [0.1, 0.15) is 18.2 Å². The monoisotopic (exact) mass is 328 g/mol. The molecule has 120 valence electrons. The Morgan fingerprint density at radius 1 is 1.55 bits per heavy atom. The van der Waals surface area contributed by atoms with Gasteiger partial charge in [0.05, 0.1) is 12.7 Å². The van der Waals surface area contributed by atoms with Crippen molar-refractivity contribution in [2.24, 2.45) is 0 Å². The molecule has 9 heteroatoms. The number of alkyl halides is 1. The molecule has 3 atom stereocenters. The van der Waals surface area contributed by atoms with Crippen molar-refractivity contribution in [2.75, 3.05) is 12.5 Å². The van der Waals surface area contributed by atoms with Gasteiger partial charge in [0.2, 0.25) is 0 Å². The van der Waals surface area contributed by atoms with Crippen LogP contribution < -0.4 is 5.69 Å². The molecule has 0 aliphatic carbocycles. The largest absolute Gasteiger partial charge is 0.394 e. The van der Waals surface area contributed by atoms with Crippen molar-refractivity contribution in [3.8, 4) is 0 Å². The van der Waals surface area contributed by atoms with Crippen molar-refractivity contribution >= 4 is 17.2 Å². The number of aromatic nitrogens is 4. The molecular formula is C13H17ClN4O4. The molecule has 1 saturated heterocycles. The highest BCUT2D eigenvalue weighted by Crippen LogP contribution is 2.28. The first-order valence-corrected chi connectivity index (χ1v) is 7.56. The summed E-state index contributed by atoms with van der Waals surface area (Å²) >= 11 is 5.81. The zero-order valence-electron chi connectivity index (χ0n) is 12.0. The van der Waals surface area contributed by atoms with Crippen LogP contribution in [0.25, 0.3) is 5.65 Å². The lowest BCUT2D eigenvalue weighted by molar-refractivity contribution is -0.0461. The molecule has 0 amide bonds. The number of aliphatic hydroxyl groups excluding tert-OH is 2. The molecule has 2 N–H and O–H groups in total. The Morgan fingerprint density at radius 2 is 2.32 bits per heavy atom. The lowest BCUT2D eigenvalue weighted by Crippen LogP contribution is -2.31. The number of fused-ring (bicyclic) bond motifs is 1. The van der Waals surface area contributed by atoms with E-state index in [1.165, 1.54) is 9.08 Å². The average molecular weight is 329 g/mol. The molecule has 0 radical (unpaired) electrons. The topological polar surface area (TPSA) is 102 Å². The first-order valence-electron chi connectivity index (χ1n) is 7.03. The van der Waals surface area contributed by atoms with Gasteiger partial charge in [-0.2, -0.15) is 4.52 Å². The van der Waals surface area contributed by atoms with Gasteiger partial charge >= 0.3 is 5.69 Å². The van der Waals surface area contributed by atoms with Crippen LogP contribution in [-0.2, 0) is 11.2 Å². The van der Waals surface area contributed by atoms with E-state index in [0.29, 0.717) is 23.8 Å². The van der Waals surface area contributed by atoms with E-state index in [2.05, 4.69) is 10.1 Å². The maximum atomic E-state index is 12.6. The van der Waals surface area contributed by atoms with Gasteiger partial charge in [-0.05, 0) is 13.3 Å². The van der Waals surface area contributed by atoms with Gasteiger partial charge < -0.3 is 14.9 Å². The van der Waals surface area contributed by atoms with Crippen LogP contribution in [0.2, 0.25) is 0 Å². The van der Waals surface area contributed by atoms with Crippen molar-refractivity contribution in [2.45, 2.75) is 38.2 Å². The summed E-state index contributed by atoms with van der Waals surface area (Å²) < 4.78 is 8.15. The smallest absolute Gasteiger partial charge is 0.352 e. The normalized spacial score (nSPS) is 25.2. The van der Waals surface area contributed by atoms with Crippen LogP contribution in [0.3, 0.4) is 0 Å². The number of hydrogen-bond acceptors (Lipinski definition) is 6. The standard InChI is InChI=1S/C13H17ClN4O4/c1-7-15-12-8(2-3-14)5-17(13(21)18(12)16-7)11-4-9(20)10(6-19)22-11/h5,9-11,19-20H,2-4,6H2,1H3/t9-,10+,11+/m0/s1. The SMILES string of the molecule is Cc1nc2c(CCCl)cn([C@H]3C[C@H](O)[C@@H](CO)O3)c(=O)n2n1. The molecule has 0 saturated carbocycles. The summed E-state index contributed by atoms with van der Waals surface area (Å²) in [5.41, 5.74) is 0.863. The Balaban J connectivity index is 2.10. The Hall–Kier alpha value is -1.48. The number of nitrogens with zero attached hydrogens (tertiary/aromatic N) is 4. The van der Waals surface area contributed by atoms with Gasteiger partial charge in [0.25, 0.3) is 0 Å². The maximum Gasteiger partial charge on any atom is 0.352 e. The number of rotatable bonds is 4. The molecule has 3 rings (SSSR count). The first kappa shape index (κ1) is 15.4. The number of hydrogen-bond donors (Lipinski definition) is 2. The molecule has 0 aromatic carbocycles. The summed E-state index contributed by atoms with van der Waals surface area (Å²) in [6, 6.07) is 0. The molecule has 0 unspecified atom stereocenters. The fourth-order valence-electron chi connectivity index (χ4n) is 2.68. The second-order valence-corrected chi connectivity index (χ2v) is 5.67. The van der Waals surface area contributed by atoms with E-state index in [9.17, 15) is 9.90 Å². The van der Waals surface area contributed by atoms with E-state index in [4.69, 9.17) is 21.4 Å². The van der Waals surface area contributed by atoms with E-state index in [1.807, 2.05) is 0 Å². The minimum absolute atomic E-state index is 0.227. The van der Waals surface area contributed by atoms with E-state index < -0.39 is 24.1 Å². The maximum absolute atomic E-state index is 12.6. The molecule has 1 aliphatic heterocycles. The Morgan fingerprint density at radius 3 is 2.95 bits per heavy atom. The number of halogens is 1. The first-order chi connectivity index (χ1) is 10.5. The van der Waals surface area contributed by atoms with Gasteiger partial charge in [0.15, 0.2) is 5.65 Å². The molecule has 1 aliphatic rings. The third kappa shape index (κ3) is 2.52. The molecule has 2 aromatic heterocycles. The predicted molar refractivity (Wildman–Crippen MR) is 78.0 cm³/mol. The third-order valence-electron chi connectivity index (χ3n) is 3.76. The number of ether oxygens (including phenoxy) is 1. The van der Waals surface area contributed by atoms with E-state index in [0.717, 1.165) is 5.56 Å². The van der Waals surface area contributed by atoms with Crippen LogP contribution in [0.5, 0.6) is 0 Å². The highest BCUT2D eigenvalue weighted by atomic mass is 35.5. The molecule has 1 fully saturated rings. The fourth-order valence-corrected chi connectivity index (χ4v) is 2.88. The van der Waals surface area contributed by atoms with Gasteiger partial charge in [-0.3, -0.25) is 4.57 Å².